The van der Waals surface area contributed by atoms with Gasteiger partial charge in [0.15, 0.2) is 5.95 Å². The van der Waals surface area contributed by atoms with Gasteiger partial charge in [0.1, 0.15) is 0 Å². The van der Waals surface area contributed by atoms with Crippen molar-refractivity contribution in [2.75, 3.05) is 24.7 Å². The number of nitrogens with one attached hydrogen (secondary N) is 1. The zero-order chi connectivity index (χ0) is 9.42. The highest BCUT2D eigenvalue weighted by atomic mass is 15.1. The Balaban J connectivity index is 2.61. The molecule has 68 valence electrons. The molecule has 4 heteroatoms. The van der Waals surface area contributed by atoms with Crippen LogP contribution in [0.3, 0.4) is 0 Å². The number of fused-ring (bicyclic) bond motifs is 1. The molecule has 0 fully saturated rings. The van der Waals surface area contributed by atoms with Crippen LogP contribution in [0.2, 0.25) is 0 Å². The number of hydrogen-bond acceptors (Lipinski definition) is 3. The number of rotatable bonds is 1. The molecule has 0 aliphatic carbocycles. The summed E-state index contributed by atoms with van der Waals surface area (Å²) in [7, 11) is 4.00. The summed E-state index contributed by atoms with van der Waals surface area (Å²) >= 11 is 0. The summed E-state index contributed by atoms with van der Waals surface area (Å²) in [4.78, 5) is 9.15. The van der Waals surface area contributed by atoms with Gasteiger partial charge in [0.25, 0.3) is 0 Å². The predicted molar refractivity (Wildman–Crippen MR) is 54.8 cm³/mol. The molecule has 1 aromatic carbocycles. The first-order chi connectivity index (χ1) is 6.16. The number of nitrogens with zero attached hydrogens (tertiary/aromatic N) is 2. The topological polar surface area (TPSA) is 57.9 Å². The molecule has 0 spiro atoms. The number of H-pyrrole nitrogens is 1. The molecule has 0 aliphatic rings. The van der Waals surface area contributed by atoms with Gasteiger partial charge in [-0.05, 0) is 18.2 Å². The van der Waals surface area contributed by atoms with Crippen LogP contribution in [-0.2, 0) is 0 Å². The lowest BCUT2D eigenvalue weighted by Crippen LogP contribution is -2.07. The van der Waals surface area contributed by atoms with Crippen molar-refractivity contribution < 1.29 is 0 Å². The van der Waals surface area contributed by atoms with Crippen LogP contribution in [0, 0.1) is 0 Å². The van der Waals surface area contributed by atoms with Crippen molar-refractivity contribution in [2.24, 2.45) is 0 Å². The lowest BCUT2D eigenvalue weighted by atomic mass is 10.2. The zero-order valence-corrected chi connectivity index (χ0v) is 7.70. The molecule has 0 saturated heterocycles. The molecule has 0 amide bonds. The van der Waals surface area contributed by atoms with Crippen LogP contribution in [0.4, 0.5) is 11.6 Å². The van der Waals surface area contributed by atoms with Crippen molar-refractivity contribution in [3.63, 3.8) is 0 Å². The third-order valence-corrected chi connectivity index (χ3v) is 2.00. The van der Waals surface area contributed by atoms with Gasteiger partial charge in [0, 0.05) is 19.8 Å². The number of aromatic nitrogens is 2. The van der Waals surface area contributed by atoms with E-state index in [1.807, 2.05) is 37.2 Å². The van der Waals surface area contributed by atoms with Gasteiger partial charge in [-0.3, -0.25) is 0 Å². The van der Waals surface area contributed by atoms with E-state index in [0.717, 1.165) is 16.7 Å². The van der Waals surface area contributed by atoms with Crippen molar-refractivity contribution in [3.05, 3.63) is 18.2 Å². The second-order valence-corrected chi connectivity index (χ2v) is 3.22. The first-order valence-electron chi connectivity index (χ1n) is 4.09. The minimum absolute atomic E-state index is 0.464. The molecule has 1 aromatic heterocycles. The lowest BCUT2D eigenvalue weighted by Gasteiger charge is -2.11. The van der Waals surface area contributed by atoms with Crippen LogP contribution in [0.1, 0.15) is 0 Å². The van der Waals surface area contributed by atoms with E-state index >= 15 is 0 Å². The minimum Gasteiger partial charge on any atom is -0.378 e. The third-order valence-electron chi connectivity index (χ3n) is 2.00. The van der Waals surface area contributed by atoms with Crippen molar-refractivity contribution >= 4 is 22.7 Å². The van der Waals surface area contributed by atoms with Gasteiger partial charge in [-0.2, -0.15) is 0 Å². The lowest BCUT2D eigenvalue weighted by molar-refractivity contribution is 1.13. The van der Waals surface area contributed by atoms with Crippen LogP contribution in [0.25, 0.3) is 11.0 Å². The quantitative estimate of drug-likeness (QED) is 0.686. The number of nitrogen functional groups attached to an aromatic ring is 1. The fourth-order valence-corrected chi connectivity index (χ4v) is 1.30. The first-order valence-corrected chi connectivity index (χ1v) is 4.09. The number of imidazole rings is 1. The molecular weight excluding hydrogens is 164 g/mol. The van der Waals surface area contributed by atoms with Gasteiger partial charge >= 0.3 is 0 Å². The van der Waals surface area contributed by atoms with E-state index in [1.165, 1.54) is 0 Å². The Morgan fingerprint density at radius 2 is 2.15 bits per heavy atom. The molecule has 0 radical (unpaired) electrons. The third kappa shape index (κ3) is 1.30. The van der Waals surface area contributed by atoms with Crippen LogP contribution in [-0.4, -0.2) is 24.1 Å². The van der Waals surface area contributed by atoms with Gasteiger partial charge in [-0.1, -0.05) is 0 Å². The van der Waals surface area contributed by atoms with E-state index in [9.17, 15) is 0 Å². The van der Waals surface area contributed by atoms with Gasteiger partial charge in [0.2, 0.25) is 0 Å². The molecule has 2 rings (SSSR count). The standard InChI is InChI=1S/C9H12N4/c1-13(2)6-3-4-7-8(5-6)12-9(10)11-7/h3-5H,1-2H3,(H3,10,11,12). The predicted octanol–water partition coefficient (Wildman–Crippen LogP) is 1.21. The Morgan fingerprint density at radius 3 is 2.85 bits per heavy atom. The molecule has 0 bridgehead atoms. The van der Waals surface area contributed by atoms with E-state index in [2.05, 4.69) is 9.97 Å². The van der Waals surface area contributed by atoms with Gasteiger partial charge in [-0.15, -0.1) is 0 Å². The van der Waals surface area contributed by atoms with Gasteiger partial charge in [-0.25, -0.2) is 4.98 Å². The Bertz CT molecular complexity index is 430. The average molecular weight is 176 g/mol. The summed E-state index contributed by atoms with van der Waals surface area (Å²) in [5.41, 5.74) is 8.55. The summed E-state index contributed by atoms with van der Waals surface area (Å²) in [6.45, 7) is 0. The molecule has 0 aliphatic heterocycles. The zero-order valence-electron chi connectivity index (χ0n) is 7.70. The van der Waals surface area contributed by atoms with Gasteiger partial charge < -0.3 is 15.6 Å². The smallest absolute Gasteiger partial charge is 0.198 e. The molecule has 13 heavy (non-hydrogen) atoms. The fourth-order valence-electron chi connectivity index (χ4n) is 1.30. The fraction of sp³-hybridized carbons (Fsp3) is 0.222. The number of benzene rings is 1. The summed E-state index contributed by atoms with van der Waals surface area (Å²) in [5, 5.41) is 0. The monoisotopic (exact) mass is 176 g/mol. The Kier molecular flexibility index (Phi) is 1.62. The van der Waals surface area contributed by atoms with E-state index in [1.54, 1.807) is 0 Å². The second-order valence-electron chi connectivity index (χ2n) is 3.22. The minimum atomic E-state index is 0.464. The van der Waals surface area contributed by atoms with E-state index in [0.29, 0.717) is 5.95 Å². The van der Waals surface area contributed by atoms with E-state index in [-0.39, 0.29) is 0 Å². The maximum atomic E-state index is 5.54. The largest absolute Gasteiger partial charge is 0.378 e. The molecule has 0 unspecified atom stereocenters. The Morgan fingerprint density at radius 1 is 1.38 bits per heavy atom. The van der Waals surface area contributed by atoms with Crippen molar-refractivity contribution in [2.45, 2.75) is 0 Å². The molecule has 1 heterocycles. The highest BCUT2D eigenvalue weighted by molar-refractivity contribution is 5.81. The van der Waals surface area contributed by atoms with Crippen molar-refractivity contribution in [1.29, 1.82) is 0 Å². The number of hydrogen-bond donors (Lipinski definition) is 2. The first kappa shape index (κ1) is 7.91. The van der Waals surface area contributed by atoms with Crippen LogP contribution < -0.4 is 10.6 Å². The molecule has 0 atom stereocenters. The summed E-state index contributed by atoms with van der Waals surface area (Å²) < 4.78 is 0. The van der Waals surface area contributed by atoms with Crippen molar-refractivity contribution in [1.82, 2.24) is 9.97 Å². The average Bonchev–Trinajstić information content (AvgIpc) is 2.42. The summed E-state index contributed by atoms with van der Waals surface area (Å²) in [5.74, 6) is 0.464. The van der Waals surface area contributed by atoms with Gasteiger partial charge in [0.05, 0.1) is 11.0 Å². The number of nitrogens with two attached hydrogens (primary N) is 1. The summed E-state index contributed by atoms with van der Waals surface area (Å²) in [6.07, 6.45) is 0. The molecule has 3 N–H and O–H groups in total. The number of aromatic amines is 1. The highest BCUT2D eigenvalue weighted by Crippen LogP contribution is 2.19. The highest BCUT2D eigenvalue weighted by Gasteiger charge is 2.01. The number of anilines is 2. The van der Waals surface area contributed by atoms with Crippen LogP contribution >= 0.6 is 0 Å². The maximum Gasteiger partial charge on any atom is 0.198 e. The van der Waals surface area contributed by atoms with Crippen LogP contribution in [0.5, 0.6) is 0 Å². The van der Waals surface area contributed by atoms with Crippen LogP contribution in [0.15, 0.2) is 18.2 Å². The van der Waals surface area contributed by atoms with E-state index in [4.69, 9.17) is 5.73 Å². The second kappa shape index (κ2) is 2.65. The molecule has 0 saturated carbocycles. The Hall–Kier alpha value is -1.71. The SMILES string of the molecule is CN(C)c1ccc2nc(N)[nH]c2c1. The normalized spacial score (nSPS) is 10.6. The molecule has 2 aromatic rings. The van der Waals surface area contributed by atoms with E-state index < -0.39 is 0 Å². The summed E-state index contributed by atoms with van der Waals surface area (Å²) in [6, 6.07) is 6.00. The van der Waals surface area contributed by atoms with Crippen molar-refractivity contribution in [3.8, 4) is 0 Å². The maximum absolute atomic E-state index is 5.54. The Labute approximate surface area is 76.4 Å². The molecule has 4 nitrogen and oxygen atoms in total. The molecular formula is C9H12N4.